The third-order valence-electron chi connectivity index (χ3n) is 3.84. The van der Waals surface area contributed by atoms with Crippen molar-refractivity contribution in [2.24, 2.45) is 5.92 Å². The van der Waals surface area contributed by atoms with Crippen LogP contribution in [0, 0.1) is 5.92 Å². The van der Waals surface area contributed by atoms with E-state index >= 15 is 0 Å². The molecule has 0 aromatic heterocycles. The zero-order valence-electron chi connectivity index (χ0n) is 8.83. The van der Waals surface area contributed by atoms with Gasteiger partial charge in [-0.2, -0.15) is 0 Å². The lowest BCUT2D eigenvalue weighted by atomic mass is 9.72. The number of rotatable bonds is 4. The van der Waals surface area contributed by atoms with E-state index in [1.165, 1.54) is 12.8 Å². The second-order valence-electron chi connectivity index (χ2n) is 4.75. The number of aliphatic carboxylic acids is 1. The normalized spacial score (nSPS) is 26.6. The van der Waals surface area contributed by atoms with Gasteiger partial charge >= 0.3 is 5.97 Å². The highest BCUT2D eigenvalue weighted by molar-refractivity contribution is 5.80. The summed E-state index contributed by atoms with van der Waals surface area (Å²) in [6.45, 7) is 4.22. The van der Waals surface area contributed by atoms with Gasteiger partial charge in [-0.15, -0.1) is 0 Å². The van der Waals surface area contributed by atoms with Crippen LogP contribution in [-0.4, -0.2) is 34.6 Å². The SMILES string of the molecule is CCCC1CN(C2(C(=O)O)CCC2)C1. The highest BCUT2D eigenvalue weighted by Crippen LogP contribution is 2.42. The first kappa shape index (κ1) is 9.97. The maximum absolute atomic E-state index is 11.2. The average molecular weight is 197 g/mol. The molecule has 1 heterocycles. The summed E-state index contributed by atoms with van der Waals surface area (Å²) in [5, 5.41) is 9.19. The van der Waals surface area contributed by atoms with Crippen LogP contribution in [0.15, 0.2) is 0 Å². The standard InChI is InChI=1S/C11H19NO2/c1-2-4-9-7-12(8-9)11(10(13)14)5-3-6-11/h9H,2-8H2,1H3,(H,13,14). The Bertz CT molecular complexity index is 229. The molecule has 1 N–H and O–H groups in total. The number of hydrogen-bond donors (Lipinski definition) is 1. The van der Waals surface area contributed by atoms with Crippen molar-refractivity contribution in [3.63, 3.8) is 0 Å². The van der Waals surface area contributed by atoms with E-state index in [9.17, 15) is 9.90 Å². The van der Waals surface area contributed by atoms with Crippen molar-refractivity contribution >= 4 is 5.97 Å². The maximum Gasteiger partial charge on any atom is 0.324 e. The molecule has 0 aromatic carbocycles. The van der Waals surface area contributed by atoms with Crippen LogP contribution in [0.2, 0.25) is 0 Å². The van der Waals surface area contributed by atoms with Gasteiger partial charge in [0.1, 0.15) is 5.54 Å². The molecule has 0 aromatic rings. The Morgan fingerprint density at radius 3 is 2.50 bits per heavy atom. The fraction of sp³-hybridized carbons (Fsp3) is 0.909. The minimum atomic E-state index is -0.598. The van der Waals surface area contributed by atoms with E-state index in [2.05, 4.69) is 11.8 Å². The summed E-state index contributed by atoms with van der Waals surface area (Å²) in [7, 11) is 0. The fourth-order valence-corrected chi connectivity index (χ4v) is 2.69. The number of carbonyl (C=O) groups is 1. The minimum absolute atomic E-state index is 0.454. The fourth-order valence-electron chi connectivity index (χ4n) is 2.69. The van der Waals surface area contributed by atoms with Crippen LogP contribution in [0.5, 0.6) is 0 Å². The highest BCUT2D eigenvalue weighted by atomic mass is 16.4. The van der Waals surface area contributed by atoms with Gasteiger partial charge in [-0.25, -0.2) is 0 Å². The highest BCUT2D eigenvalue weighted by Gasteiger charge is 2.52. The lowest BCUT2D eigenvalue weighted by molar-refractivity contribution is -0.166. The van der Waals surface area contributed by atoms with Gasteiger partial charge in [0, 0.05) is 13.1 Å². The quantitative estimate of drug-likeness (QED) is 0.746. The molecule has 2 fully saturated rings. The lowest BCUT2D eigenvalue weighted by Gasteiger charge is -2.54. The molecule has 3 nitrogen and oxygen atoms in total. The molecule has 3 heteroatoms. The summed E-state index contributed by atoms with van der Waals surface area (Å²) >= 11 is 0. The molecular formula is C11H19NO2. The predicted molar refractivity (Wildman–Crippen MR) is 54.2 cm³/mol. The molecule has 0 unspecified atom stereocenters. The average Bonchev–Trinajstić information content (AvgIpc) is 1.97. The molecule has 0 spiro atoms. The van der Waals surface area contributed by atoms with Crippen molar-refractivity contribution in [1.82, 2.24) is 4.90 Å². The van der Waals surface area contributed by atoms with Crippen LogP contribution in [0.25, 0.3) is 0 Å². The van der Waals surface area contributed by atoms with Crippen molar-refractivity contribution in [3.05, 3.63) is 0 Å². The summed E-state index contributed by atoms with van der Waals surface area (Å²) in [6.07, 6.45) is 5.29. The molecule has 2 aliphatic rings. The molecule has 1 aliphatic heterocycles. The third kappa shape index (κ3) is 1.34. The zero-order valence-corrected chi connectivity index (χ0v) is 8.83. The Morgan fingerprint density at radius 2 is 2.14 bits per heavy atom. The van der Waals surface area contributed by atoms with E-state index in [1.54, 1.807) is 0 Å². The summed E-state index contributed by atoms with van der Waals surface area (Å²) in [5.74, 6) is 0.163. The largest absolute Gasteiger partial charge is 0.480 e. The van der Waals surface area contributed by atoms with Crippen molar-refractivity contribution in [2.45, 2.75) is 44.6 Å². The summed E-state index contributed by atoms with van der Waals surface area (Å²) in [5.41, 5.74) is -0.454. The Kier molecular flexibility index (Phi) is 2.52. The monoisotopic (exact) mass is 197 g/mol. The van der Waals surface area contributed by atoms with Gasteiger partial charge in [-0.05, 0) is 31.6 Å². The second-order valence-corrected chi connectivity index (χ2v) is 4.75. The van der Waals surface area contributed by atoms with Crippen molar-refractivity contribution in [1.29, 1.82) is 0 Å². The second kappa shape index (κ2) is 3.54. The lowest BCUT2D eigenvalue weighted by Crippen LogP contribution is -2.66. The van der Waals surface area contributed by atoms with Gasteiger partial charge < -0.3 is 5.11 Å². The van der Waals surface area contributed by atoms with Crippen LogP contribution in [-0.2, 0) is 4.79 Å². The first-order chi connectivity index (χ1) is 6.69. The van der Waals surface area contributed by atoms with Gasteiger partial charge in [-0.3, -0.25) is 9.69 Å². The van der Waals surface area contributed by atoms with Crippen molar-refractivity contribution < 1.29 is 9.90 Å². The van der Waals surface area contributed by atoms with Crippen molar-refractivity contribution in [3.8, 4) is 0 Å². The summed E-state index contributed by atoms with van der Waals surface area (Å²) < 4.78 is 0. The maximum atomic E-state index is 11.2. The summed E-state index contributed by atoms with van der Waals surface area (Å²) in [4.78, 5) is 13.3. The van der Waals surface area contributed by atoms with E-state index in [0.29, 0.717) is 0 Å². The Labute approximate surface area is 85.1 Å². The molecular weight excluding hydrogens is 178 g/mol. The van der Waals surface area contributed by atoms with Gasteiger partial charge in [0.05, 0.1) is 0 Å². The van der Waals surface area contributed by atoms with Crippen LogP contribution >= 0.6 is 0 Å². The Morgan fingerprint density at radius 1 is 1.50 bits per heavy atom. The van der Waals surface area contributed by atoms with E-state index in [1.807, 2.05) is 0 Å². The van der Waals surface area contributed by atoms with Crippen LogP contribution < -0.4 is 0 Å². The number of carboxylic acid groups (broad SMARTS) is 1. The summed E-state index contributed by atoms with van der Waals surface area (Å²) in [6, 6.07) is 0. The zero-order chi connectivity index (χ0) is 10.2. The Hall–Kier alpha value is -0.570. The number of carboxylic acids is 1. The molecule has 1 saturated heterocycles. The molecule has 80 valence electrons. The molecule has 0 atom stereocenters. The topological polar surface area (TPSA) is 40.5 Å². The Balaban J connectivity index is 1.88. The van der Waals surface area contributed by atoms with E-state index in [0.717, 1.165) is 38.3 Å². The van der Waals surface area contributed by atoms with Crippen LogP contribution in [0.3, 0.4) is 0 Å². The van der Waals surface area contributed by atoms with Crippen molar-refractivity contribution in [2.75, 3.05) is 13.1 Å². The first-order valence-electron chi connectivity index (χ1n) is 5.67. The number of hydrogen-bond acceptors (Lipinski definition) is 2. The predicted octanol–water partition coefficient (Wildman–Crippen LogP) is 1.73. The van der Waals surface area contributed by atoms with Gasteiger partial charge in [0.2, 0.25) is 0 Å². The third-order valence-corrected chi connectivity index (χ3v) is 3.84. The van der Waals surface area contributed by atoms with Crippen LogP contribution in [0.4, 0.5) is 0 Å². The molecule has 2 rings (SSSR count). The molecule has 14 heavy (non-hydrogen) atoms. The van der Waals surface area contributed by atoms with Gasteiger partial charge in [0.25, 0.3) is 0 Å². The number of likely N-dealkylation sites (tertiary alicyclic amines) is 1. The van der Waals surface area contributed by atoms with Crippen LogP contribution in [0.1, 0.15) is 39.0 Å². The van der Waals surface area contributed by atoms with E-state index in [-0.39, 0.29) is 0 Å². The van der Waals surface area contributed by atoms with Gasteiger partial charge in [-0.1, -0.05) is 13.3 Å². The molecule has 1 aliphatic carbocycles. The number of nitrogens with zero attached hydrogens (tertiary/aromatic N) is 1. The molecule has 0 bridgehead atoms. The molecule has 0 radical (unpaired) electrons. The smallest absolute Gasteiger partial charge is 0.324 e. The first-order valence-corrected chi connectivity index (χ1v) is 5.67. The van der Waals surface area contributed by atoms with E-state index < -0.39 is 11.5 Å². The van der Waals surface area contributed by atoms with E-state index in [4.69, 9.17) is 0 Å². The molecule has 1 saturated carbocycles. The van der Waals surface area contributed by atoms with Gasteiger partial charge in [0.15, 0.2) is 0 Å². The molecule has 0 amide bonds. The minimum Gasteiger partial charge on any atom is -0.480 e.